The lowest BCUT2D eigenvalue weighted by atomic mass is 9.87. The lowest BCUT2D eigenvalue weighted by Gasteiger charge is -2.42. The summed E-state index contributed by atoms with van der Waals surface area (Å²) < 4.78 is 6.16. The Kier molecular flexibility index (Phi) is 4.00. The summed E-state index contributed by atoms with van der Waals surface area (Å²) in [5, 5.41) is 8.65. The summed E-state index contributed by atoms with van der Waals surface area (Å²) in [5.74, 6) is 1.31. The fourth-order valence-corrected chi connectivity index (χ4v) is 3.79. The van der Waals surface area contributed by atoms with Crippen LogP contribution in [0.4, 0.5) is 0 Å². The molecule has 0 unspecified atom stereocenters. The zero-order chi connectivity index (χ0) is 15.6. The minimum atomic E-state index is 0.297. The van der Waals surface area contributed by atoms with Crippen LogP contribution in [0.15, 0.2) is 36.4 Å². The van der Waals surface area contributed by atoms with Gasteiger partial charge in [-0.25, -0.2) is 0 Å². The summed E-state index contributed by atoms with van der Waals surface area (Å²) in [5.41, 5.74) is 3.23. The van der Waals surface area contributed by atoms with Crippen LogP contribution in [-0.4, -0.2) is 40.8 Å². The van der Waals surface area contributed by atoms with E-state index >= 15 is 0 Å². The van der Waals surface area contributed by atoms with E-state index in [9.17, 15) is 0 Å². The Morgan fingerprint density at radius 2 is 2.04 bits per heavy atom. The van der Waals surface area contributed by atoms with Gasteiger partial charge in [0.25, 0.3) is 0 Å². The summed E-state index contributed by atoms with van der Waals surface area (Å²) in [6, 6.07) is 12.3. The molecule has 3 atom stereocenters. The number of aryl methyl sites for hydroxylation is 1. The molecule has 0 amide bonds. The molecule has 4 nitrogen and oxygen atoms in total. The maximum atomic E-state index is 6.16. The molecular weight excluding hydrogens is 286 g/mol. The highest BCUT2D eigenvalue weighted by Gasteiger charge is 2.33. The number of aromatic nitrogens is 2. The fraction of sp³-hybridized carbons (Fsp3) is 0.474. The van der Waals surface area contributed by atoms with E-state index in [2.05, 4.69) is 40.2 Å². The summed E-state index contributed by atoms with van der Waals surface area (Å²) in [6.07, 6.45) is 3.97. The van der Waals surface area contributed by atoms with Gasteiger partial charge >= 0.3 is 0 Å². The molecule has 1 aromatic carbocycles. The zero-order valence-electron chi connectivity index (χ0n) is 13.6. The summed E-state index contributed by atoms with van der Waals surface area (Å²) in [4.78, 5) is 2.56. The summed E-state index contributed by atoms with van der Waals surface area (Å²) >= 11 is 0. The van der Waals surface area contributed by atoms with Gasteiger partial charge in [-0.2, -0.15) is 0 Å². The molecule has 0 aliphatic carbocycles. The topological polar surface area (TPSA) is 38.2 Å². The number of hydrogen-bond acceptors (Lipinski definition) is 4. The Hall–Kier alpha value is -1.94. The quantitative estimate of drug-likeness (QED) is 0.872. The number of piperidine rings is 2. The van der Waals surface area contributed by atoms with Gasteiger partial charge in [0.15, 0.2) is 0 Å². The maximum Gasteiger partial charge on any atom is 0.233 e. The van der Waals surface area contributed by atoms with Crippen LogP contribution in [0.5, 0.6) is 5.88 Å². The first-order valence-electron chi connectivity index (χ1n) is 8.58. The number of benzene rings is 1. The summed E-state index contributed by atoms with van der Waals surface area (Å²) in [7, 11) is 0. The third-order valence-corrected chi connectivity index (χ3v) is 5.02. The van der Waals surface area contributed by atoms with Gasteiger partial charge in [0.05, 0.1) is 5.69 Å². The van der Waals surface area contributed by atoms with Crippen molar-refractivity contribution in [3.8, 4) is 17.1 Å². The van der Waals surface area contributed by atoms with Crippen LogP contribution in [0.3, 0.4) is 0 Å². The first-order valence-corrected chi connectivity index (χ1v) is 8.58. The van der Waals surface area contributed by atoms with Gasteiger partial charge in [0, 0.05) is 30.6 Å². The molecule has 2 fully saturated rings. The molecule has 2 bridgehead atoms. The third kappa shape index (κ3) is 3.22. The van der Waals surface area contributed by atoms with E-state index in [4.69, 9.17) is 4.74 Å². The van der Waals surface area contributed by atoms with Crippen LogP contribution in [0.1, 0.15) is 24.8 Å². The second kappa shape index (κ2) is 6.28. The Bertz CT molecular complexity index is 671. The van der Waals surface area contributed by atoms with E-state index in [1.165, 1.54) is 31.5 Å². The molecule has 23 heavy (non-hydrogen) atoms. The van der Waals surface area contributed by atoms with E-state index in [0.717, 1.165) is 24.2 Å². The second-order valence-corrected chi connectivity index (χ2v) is 6.77. The highest BCUT2D eigenvalue weighted by atomic mass is 16.5. The monoisotopic (exact) mass is 309 g/mol. The number of rotatable bonds is 3. The lowest BCUT2D eigenvalue weighted by Crippen LogP contribution is -2.49. The highest BCUT2D eigenvalue weighted by molar-refractivity contribution is 5.59. The molecule has 0 spiro atoms. The van der Waals surface area contributed by atoms with Gasteiger partial charge in [-0.15, -0.1) is 10.2 Å². The van der Waals surface area contributed by atoms with Crippen LogP contribution in [-0.2, 0) is 0 Å². The average molecular weight is 309 g/mol. The molecule has 3 heterocycles. The largest absolute Gasteiger partial charge is 0.473 e. The van der Waals surface area contributed by atoms with Gasteiger partial charge in [0.1, 0.15) is 6.10 Å². The minimum absolute atomic E-state index is 0.297. The van der Waals surface area contributed by atoms with E-state index in [1.807, 2.05) is 18.2 Å². The van der Waals surface area contributed by atoms with E-state index in [1.54, 1.807) is 0 Å². The van der Waals surface area contributed by atoms with Crippen molar-refractivity contribution in [2.45, 2.75) is 32.3 Å². The number of nitrogens with zero attached hydrogens (tertiary/aromatic N) is 3. The van der Waals surface area contributed by atoms with E-state index in [0.29, 0.717) is 17.9 Å². The van der Waals surface area contributed by atoms with Crippen LogP contribution >= 0.6 is 0 Å². The van der Waals surface area contributed by atoms with Crippen LogP contribution in [0.25, 0.3) is 11.3 Å². The van der Waals surface area contributed by atoms with Crippen molar-refractivity contribution in [3.05, 3.63) is 42.0 Å². The van der Waals surface area contributed by atoms with Crippen molar-refractivity contribution in [2.75, 3.05) is 19.6 Å². The Balaban J connectivity index is 1.46. The Morgan fingerprint density at radius 1 is 1.09 bits per heavy atom. The van der Waals surface area contributed by atoms with E-state index < -0.39 is 0 Å². The molecule has 2 saturated heterocycles. The van der Waals surface area contributed by atoms with Crippen LogP contribution in [0.2, 0.25) is 0 Å². The number of hydrogen-bond donors (Lipinski definition) is 0. The lowest BCUT2D eigenvalue weighted by molar-refractivity contribution is 0.0123. The van der Waals surface area contributed by atoms with Crippen molar-refractivity contribution in [1.29, 1.82) is 0 Å². The SMILES string of the molecule is Cc1cccc(-c2ccc(O[C@H]3CC[N@@]4CCC[C@H]3C4)nn2)c1. The van der Waals surface area contributed by atoms with Gasteiger partial charge in [-0.1, -0.05) is 23.8 Å². The molecule has 1 aromatic heterocycles. The van der Waals surface area contributed by atoms with Crippen molar-refractivity contribution in [2.24, 2.45) is 5.92 Å². The van der Waals surface area contributed by atoms with Gasteiger partial charge < -0.3 is 9.64 Å². The number of ether oxygens (including phenoxy) is 1. The van der Waals surface area contributed by atoms with Crippen LogP contribution < -0.4 is 4.74 Å². The maximum absolute atomic E-state index is 6.16. The van der Waals surface area contributed by atoms with Gasteiger partial charge in [-0.3, -0.25) is 0 Å². The predicted molar refractivity (Wildman–Crippen MR) is 90.4 cm³/mol. The van der Waals surface area contributed by atoms with Crippen LogP contribution in [0, 0.1) is 12.8 Å². The van der Waals surface area contributed by atoms with Crippen molar-refractivity contribution in [3.63, 3.8) is 0 Å². The number of fused-ring (bicyclic) bond motifs is 2. The first-order chi connectivity index (χ1) is 11.3. The van der Waals surface area contributed by atoms with Gasteiger partial charge in [-0.05, 0) is 44.9 Å². The third-order valence-electron chi connectivity index (χ3n) is 5.02. The molecule has 4 rings (SSSR count). The van der Waals surface area contributed by atoms with Crippen molar-refractivity contribution < 1.29 is 4.74 Å². The molecule has 0 N–H and O–H groups in total. The Labute approximate surface area is 137 Å². The molecular formula is C19H23N3O. The molecule has 2 aliphatic rings. The predicted octanol–water partition coefficient (Wildman–Crippen LogP) is 3.32. The standard InChI is InChI=1S/C19H23N3O/c1-14-4-2-5-15(12-14)17-7-8-19(21-20-17)23-18-9-11-22-10-3-6-16(18)13-22/h2,4-5,7-8,12,16,18H,3,6,9-11,13H2,1H3/t16-,18-/m0/s1. The van der Waals surface area contributed by atoms with Crippen molar-refractivity contribution >= 4 is 0 Å². The highest BCUT2D eigenvalue weighted by Crippen LogP contribution is 2.29. The van der Waals surface area contributed by atoms with Gasteiger partial charge in [0.2, 0.25) is 5.88 Å². The minimum Gasteiger partial charge on any atom is -0.473 e. The zero-order valence-corrected chi connectivity index (χ0v) is 13.6. The molecule has 2 aliphatic heterocycles. The molecule has 4 heteroatoms. The molecule has 0 radical (unpaired) electrons. The fourth-order valence-electron chi connectivity index (χ4n) is 3.79. The Morgan fingerprint density at radius 3 is 2.87 bits per heavy atom. The normalized spacial score (nSPS) is 26.7. The molecule has 120 valence electrons. The smallest absolute Gasteiger partial charge is 0.233 e. The average Bonchev–Trinajstić information content (AvgIpc) is 2.59. The molecule has 0 saturated carbocycles. The molecule has 2 aromatic rings. The first kappa shape index (κ1) is 14.6. The van der Waals surface area contributed by atoms with E-state index in [-0.39, 0.29) is 0 Å². The second-order valence-electron chi connectivity index (χ2n) is 6.77. The van der Waals surface area contributed by atoms with Crippen molar-refractivity contribution in [1.82, 2.24) is 15.1 Å². The summed E-state index contributed by atoms with van der Waals surface area (Å²) in [6.45, 7) is 5.68.